The molecular weight excluding hydrogens is 218 g/mol. The third-order valence-corrected chi connectivity index (χ3v) is 2.22. The van der Waals surface area contributed by atoms with E-state index < -0.39 is 0 Å². The summed E-state index contributed by atoms with van der Waals surface area (Å²) in [7, 11) is 0. The summed E-state index contributed by atoms with van der Waals surface area (Å²) in [6.45, 7) is 1.94. The minimum Gasteiger partial charge on any atom is -0.352 e. The lowest BCUT2D eigenvalue weighted by atomic mass is 10.1. The SMILES string of the molecule is C[C@@H](NC=O)c1ccc(Br)cc1. The molecule has 3 heteroatoms. The van der Waals surface area contributed by atoms with Crippen LogP contribution in [0.2, 0.25) is 0 Å². The number of carbonyl (C=O) groups is 1. The lowest BCUT2D eigenvalue weighted by Gasteiger charge is -2.09. The van der Waals surface area contributed by atoms with Crippen molar-refractivity contribution in [3.8, 4) is 0 Å². The van der Waals surface area contributed by atoms with E-state index in [2.05, 4.69) is 21.2 Å². The Balaban J connectivity index is 2.74. The van der Waals surface area contributed by atoms with E-state index >= 15 is 0 Å². The van der Waals surface area contributed by atoms with Crippen LogP contribution in [0.5, 0.6) is 0 Å². The summed E-state index contributed by atoms with van der Waals surface area (Å²) in [5.41, 5.74) is 1.10. The average Bonchev–Trinajstić information content (AvgIpc) is 2.06. The lowest BCUT2D eigenvalue weighted by molar-refractivity contribution is -0.110. The highest BCUT2D eigenvalue weighted by molar-refractivity contribution is 9.10. The van der Waals surface area contributed by atoms with E-state index in [-0.39, 0.29) is 6.04 Å². The van der Waals surface area contributed by atoms with Gasteiger partial charge in [-0.1, -0.05) is 28.1 Å². The molecule has 0 saturated heterocycles. The zero-order valence-electron chi connectivity index (χ0n) is 6.75. The number of hydrogen-bond acceptors (Lipinski definition) is 1. The molecule has 0 unspecified atom stereocenters. The van der Waals surface area contributed by atoms with Crippen molar-refractivity contribution in [2.24, 2.45) is 0 Å². The van der Waals surface area contributed by atoms with Crippen LogP contribution in [0.1, 0.15) is 18.5 Å². The van der Waals surface area contributed by atoms with E-state index in [4.69, 9.17) is 0 Å². The molecule has 0 saturated carbocycles. The second-order valence-electron chi connectivity index (χ2n) is 2.56. The van der Waals surface area contributed by atoms with Gasteiger partial charge in [0.05, 0.1) is 6.04 Å². The van der Waals surface area contributed by atoms with E-state index in [1.165, 1.54) is 0 Å². The van der Waals surface area contributed by atoms with Gasteiger partial charge in [-0.25, -0.2) is 0 Å². The summed E-state index contributed by atoms with van der Waals surface area (Å²) in [5, 5.41) is 2.69. The van der Waals surface area contributed by atoms with Gasteiger partial charge in [0.25, 0.3) is 0 Å². The number of carbonyl (C=O) groups excluding carboxylic acids is 1. The molecule has 12 heavy (non-hydrogen) atoms. The Kier molecular flexibility index (Phi) is 3.29. The summed E-state index contributed by atoms with van der Waals surface area (Å²) in [4.78, 5) is 10.1. The Morgan fingerprint density at radius 2 is 2.00 bits per heavy atom. The van der Waals surface area contributed by atoms with Gasteiger partial charge in [-0.3, -0.25) is 4.79 Å². The molecule has 1 aromatic carbocycles. The van der Waals surface area contributed by atoms with Crippen LogP contribution in [0.3, 0.4) is 0 Å². The highest BCUT2D eigenvalue weighted by Gasteiger charge is 2.01. The fourth-order valence-electron chi connectivity index (χ4n) is 0.950. The second kappa shape index (κ2) is 4.26. The van der Waals surface area contributed by atoms with Crippen LogP contribution < -0.4 is 5.32 Å². The monoisotopic (exact) mass is 227 g/mol. The molecule has 1 amide bonds. The van der Waals surface area contributed by atoms with Crippen molar-refractivity contribution < 1.29 is 4.79 Å². The Morgan fingerprint density at radius 3 is 2.50 bits per heavy atom. The molecule has 1 atom stereocenters. The van der Waals surface area contributed by atoms with Crippen LogP contribution in [0.4, 0.5) is 0 Å². The molecule has 64 valence electrons. The first-order chi connectivity index (χ1) is 5.74. The van der Waals surface area contributed by atoms with Crippen molar-refractivity contribution in [2.75, 3.05) is 0 Å². The molecule has 1 rings (SSSR count). The molecule has 0 aliphatic carbocycles. The Morgan fingerprint density at radius 1 is 1.42 bits per heavy atom. The number of amides is 1. The normalized spacial score (nSPS) is 12.2. The summed E-state index contributed by atoms with van der Waals surface area (Å²) in [6.07, 6.45) is 0.715. The summed E-state index contributed by atoms with van der Waals surface area (Å²) >= 11 is 3.34. The third-order valence-electron chi connectivity index (χ3n) is 1.69. The van der Waals surface area contributed by atoms with Crippen LogP contribution in [-0.4, -0.2) is 6.41 Å². The smallest absolute Gasteiger partial charge is 0.207 e. The predicted molar refractivity (Wildman–Crippen MR) is 51.8 cm³/mol. The van der Waals surface area contributed by atoms with E-state index in [0.29, 0.717) is 6.41 Å². The summed E-state index contributed by atoms with van der Waals surface area (Å²) in [5.74, 6) is 0. The zero-order chi connectivity index (χ0) is 8.97. The van der Waals surface area contributed by atoms with Crippen molar-refractivity contribution >= 4 is 22.3 Å². The second-order valence-corrected chi connectivity index (χ2v) is 3.47. The average molecular weight is 228 g/mol. The van der Waals surface area contributed by atoms with Gasteiger partial charge in [-0.05, 0) is 24.6 Å². The first-order valence-corrected chi connectivity index (χ1v) is 4.48. The molecule has 1 N–H and O–H groups in total. The topological polar surface area (TPSA) is 29.1 Å². The summed E-state index contributed by atoms with van der Waals surface area (Å²) < 4.78 is 1.05. The molecule has 2 nitrogen and oxygen atoms in total. The maximum Gasteiger partial charge on any atom is 0.207 e. The van der Waals surface area contributed by atoms with Crippen LogP contribution in [0.25, 0.3) is 0 Å². The molecule has 0 spiro atoms. The van der Waals surface area contributed by atoms with Gasteiger partial charge in [0.1, 0.15) is 0 Å². The number of rotatable bonds is 3. The van der Waals surface area contributed by atoms with Crippen molar-refractivity contribution in [1.29, 1.82) is 0 Å². The third kappa shape index (κ3) is 2.34. The van der Waals surface area contributed by atoms with E-state index in [9.17, 15) is 4.79 Å². The first-order valence-electron chi connectivity index (χ1n) is 3.69. The molecule has 0 aliphatic heterocycles. The maximum atomic E-state index is 10.1. The van der Waals surface area contributed by atoms with Gasteiger partial charge < -0.3 is 5.32 Å². The van der Waals surface area contributed by atoms with Gasteiger partial charge in [0.15, 0.2) is 0 Å². The Bertz CT molecular complexity index is 258. The highest BCUT2D eigenvalue weighted by atomic mass is 79.9. The fraction of sp³-hybridized carbons (Fsp3) is 0.222. The van der Waals surface area contributed by atoms with E-state index in [0.717, 1.165) is 10.0 Å². The number of nitrogens with one attached hydrogen (secondary N) is 1. The quantitative estimate of drug-likeness (QED) is 0.790. The maximum absolute atomic E-state index is 10.1. The van der Waals surface area contributed by atoms with Crippen molar-refractivity contribution in [2.45, 2.75) is 13.0 Å². The van der Waals surface area contributed by atoms with Crippen LogP contribution in [0.15, 0.2) is 28.7 Å². The zero-order valence-corrected chi connectivity index (χ0v) is 8.34. The van der Waals surface area contributed by atoms with Gasteiger partial charge in [0, 0.05) is 4.47 Å². The number of halogens is 1. The molecule has 0 bridgehead atoms. The van der Waals surface area contributed by atoms with E-state index in [1.54, 1.807) is 0 Å². The largest absolute Gasteiger partial charge is 0.352 e. The standard InChI is InChI=1S/C9H10BrNO/c1-7(11-6-12)8-2-4-9(10)5-3-8/h2-7H,1H3,(H,11,12)/t7-/m1/s1. The minimum atomic E-state index is 0.0793. The van der Waals surface area contributed by atoms with Crippen LogP contribution in [0, 0.1) is 0 Å². The Labute approximate surface area is 80.1 Å². The molecule has 0 heterocycles. The number of benzene rings is 1. The lowest BCUT2D eigenvalue weighted by Crippen LogP contribution is -2.15. The van der Waals surface area contributed by atoms with Gasteiger partial charge in [-0.2, -0.15) is 0 Å². The number of hydrogen-bond donors (Lipinski definition) is 1. The van der Waals surface area contributed by atoms with Crippen molar-refractivity contribution in [3.05, 3.63) is 34.3 Å². The molecule has 0 aliphatic rings. The van der Waals surface area contributed by atoms with Gasteiger partial charge in [0.2, 0.25) is 6.41 Å². The fourth-order valence-corrected chi connectivity index (χ4v) is 1.21. The minimum absolute atomic E-state index is 0.0793. The predicted octanol–water partition coefficient (Wildman–Crippen LogP) is 2.26. The van der Waals surface area contributed by atoms with Crippen molar-refractivity contribution in [1.82, 2.24) is 5.32 Å². The van der Waals surface area contributed by atoms with E-state index in [1.807, 2.05) is 31.2 Å². The van der Waals surface area contributed by atoms with Gasteiger partial charge >= 0.3 is 0 Å². The van der Waals surface area contributed by atoms with Gasteiger partial charge in [-0.15, -0.1) is 0 Å². The summed E-state index contributed by atoms with van der Waals surface area (Å²) in [6, 6.07) is 7.95. The molecule has 0 radical (unpaired) electrons. The molecule has 0 fully saturated rings. The van der Waals surface area contributed by atoms with Crippen LogP contribution >= 0.6 is 15.9 Å². The van der Waals surface area contributed by atoms with Crippen LogP contribution in [-0.2, 0) is 4.79 Å². The molecular formula is C9H10BrNO. The Hall–Kier alpha value is -0.830. The molecule has 1 aromatic rings. The van der Waals surface area contributed by atoms with Crippen molar-refractivity contribution in [3.63, 3.8) is 0 Å². The first kappa shape index (κ1) is 9.26. The highest BCUT2D eigenvalue weighted by Crippen LogP contribution is 2.15. The molecule has 0 aromatic heterocycles.